The number of rotatable bonds is 4. The average molecular weight is 167 g/mol. The van der Waals surface area contributed by atoms with E-state index in [2.05, 4.69) is 15.5 Å². The highest BCUT2D eigenvalue weighted by molar-refractivity contribution is 4.88. The lowest BCUT2D eigenvalue weighted by atomic mass is 10.5. The van der Waals surface area contributed by atoms with Gasteiger partial charge in [-0.1, -0.05) is 12.1 Å². The van der Waals surface area contributed by atoms with E-state index in [4.69, 9.17) is 4.52 Å². The standard InChI is InChI=1S/C8H13N3O/c1-2-7-10-8(12-11-7)5-9-6-3-4-6/h6,9H,2-5H2,1H3. The number of nitrogens with one attached hydrogen (secondary N) is 1. The molecule has 1 heterocycles. The highest BCUT2D eigenvalue weighted by atomic mass is 16.5. The van der Waals surface area contributed by atoms with Crippen molar-refractivity contribution < 1.29 is 4.52 Å². The lowest BCUT2D eigenvalue weighted by Gasteiger charge is -1.94. The second-order valence-corrected chi connectivity index (χ2v) is 3.11. The predicted octanol–water partition coefficient (Wildman–Crippen LogP) is 0.884. The summed E-state index contributed by atoms with van der Waals surface area (Å²) in [5.41, 5.74) is 0. The minimum absolute atomic E-state index is 0.696. The molecule has 0 aromatic carbocycles. The first kappa shape index (κ1) is 7.73. The molecule has 0 atom stereocenters. The summed E-state index contributed by atoms with van der Waals surface area (Å²) in [6.07, 6.45) is 3.41. The summed E-state index contributed by atoms with van der Waals surface area (Å²) < 4.78 is 5.01. The highest BCUT2D eigenvalue weighted by Gasteiger charge is 2.20. The predicted molar refractivity (Wildman–Crippen MR) is 43.5 cm³/mol. The van der Waals surface area contributed by atoms with Crippen LogP contribution in [0.1, 0.15) is 31.5 Å². The van der Waals surface area contributed by atoms with Crippen molar-refractivity contribution in [2.24, 2.45) is 0 Å². The fourth-order valence-corrected chi connectivity index (χ4v) is 1.02. The molecule has 2 rings (SSSR count). The van der Waals surface area contributed by atoms with Gasteiger partial charge in [-0.2, -0.15) is 4.98 Å². The van der Waals surface area contributed by atoms with Gasteiger partial charge in [0.25, 0.3) is 0 Å². The Labute approximate surface area is 71.4 Å². The van der Waals surface area contributed by atoms with Crippen LogP contribution in [0.2, 0.25) is 0 Å². The lowest BCUT2D eigenvalue weighted by molar-refractivity contribution is 0.362. The second kappa shape index (κ2) is 3.23. The molecule has 1 aromatic heterocycles. The molecule has 0 unspecified atom stereocenters. The number of nitrogens with zero attached hydrogens (tertiary/aromatic N) is 2. The summed E-state index contributed by atoms with van der Waals surface area (Å²) in [4.78, 5) is 4.19. The van der Waals surface area contributed by atoms with Crippen LogP contribution >= 0.6 is 0 Å². The van der Waals surface area contributed by atoms with Crippen molar-refractivity contribution in [2.75, 3.05) is 0 Å². The van der Waals surface area contributed by atoms with E-state index in [-0.39, 0.29) is 0 Å². The third kappa shape index (κ3) is 1.82. The maximum Gasteiger partial charge on any atom is 0.240 e. The molecular formula is C8H13N3O. The van der Waals surface area contributed by atoms with Gasteiger partial charge >= 0.3 is 0 Å². The van der Waals surface area contributed by atoms with Crippen LogP contribution in [-0.4, -0.2) is 16.2 Å². The van der Waals surface area contributed by atoms with Gasteiger partial charge in [-0.3, -0.25) is 0 Å². The van der Waals surface area contributed by atoms with Crippen LogP contribution in [0.3, 0.4) is 0 Å². The number of hydrogen-bond acceptors (Lipinski definition) is 4. The van der Waals surface area contributed by atoms with Gasteiger partial charge in [-0.05, 0) is 12.8 Å². The van der Waals surface area contributed by atoms with E-state index in [9.17, 15) is 0 Å². The topological polar surface area (TPSA) is 51.0 Å². The van der Waals surface area contributed by atoms with Crippen LogP contribution < -0.4 is 5.32 Å². The van der Waals surface area contributed by atoms with E-state index in [1.54, 1.807) is 0 Å². The van der Waals surface area contributed by atoms with Crippen molar-refractivity contribution in [3.8, 4) is 0 Å². The van der Waals surface area contributed by atoms with Gasteiger partial charge in [0.1, 0.15) is 0 Å². The third-order valence-electron chi connectivity index (χ3n) is 1.95. The summed E-state index contributed by atoms with van der Waals surface area (Å²) in [5.74, 6) is 1.50. The summed E-state index contributed by atoms with van der Waals surface area (Å²) in [7, 11) is 0. The van der Waals surface area contributed by atoms with Crippen molar-refractivity contribution in [2.45, 2.75) is 38.8 Å². The van der Waals surface area contributed by atoms with Crippen molar-refractivity contribution in [3.05, 3.63) is 11.7 Å². The first-order valence-corrected chi connectivity index (χ1v) is 4.43. The maximum absolute atomic E-state index is 5.01. The van der Waals surface area contributed by atoms with Gasteiger partial charge in [0.2, 0.25) is 5.89 Å². The monoisotopic (exact) mass is 167 g/mol. The van der Waals surface area contributed by atoms with Crippen LogP contribution in [0, 0.1) is 0 Å². The summed E-state index contributed by atoms with van der Waals surface area (Å²) in [6.45, 7) is 2.74. The Kier molecular flexibility index (Phi) is 2.08. The Morgan fingerprint density at radius 1 is 1.58 bits per heavy atom. The molecule has 4 heteroatoms. The Morgan fingerprint density at radius 2 is 2.42 bits per heavy atom. The number of aryl methyl sites for hydroxylation is 1. The van der Waals surface area contributed by atoms with Crippen LogP contribution in [0.15, 0.2) is 4.52 Å². The lowest BCUT2D eigenvalue weighted by Crippen LogP contribution is -2.15. The zero-order chi connectivity index (χ0) is 8.39. The number of hydrogen-bond donors (Lipinski definition) is 1. The molecule has 1 N–H and O–H groups in total. The quantitative estimate of drug-likeness (QED) is 0.723. The Balaban J connectivity index is 1.84. The van der Waals surface area contributed by atoms with E-state index in [1.807, 2.05) is 6.92 Å². The van der Waals surface area contributed by atoms with E-state index >= 15 is 0 Å². The third-order valence-corrected chi connectivity index (χ3v) is 1.95. The molecule has 0 amide bonds. The van der Waals surface area contributed by atoms with Crippen LogP contribution in [0.4, 0.5) is 0 Å². The van der Waals surface area contributed by atoms with Crippen molar-refractivity contribution >= 4 is 0 Å². The zero-order valence-electron chi connectivity index (χ0n) is 7.21. The largest absolute Gasteiger partial charge is 0.338 e. The molecule has 1 aromatic rings. The van der Waals surface area contributed by atoms with E-state index in [0.29, 0.717) is 11.9 Å². The molecule has 0 bridgehead atoms. The maximum atomic E-state index is 5.01. The molecular weight excluding hydrogens is 154 g/mol. The highest BCUT2D eigenvalue weighted by Crippen LogP contribution is 2.18. The van der Waals surface area contributed by atoms with Crippen LogP contribution in [0.5, 0.6) is 0 Å². The fraction of sp³-hybridized carbons (Fsp3) is 0.750. The molecule has 1 aliphatic rings. The van der Waals surface area contributed by atoms with Gasteiger partial charge in [-0.25, -0.2) is 0 Å². The molecule has 1 aliphatic carbocycles. The van der Waals surface area contributed by atoms with Crippen LogP contribution in [-0.2, 0) is 13.0 Å². The summed E-state index contributed by atoms with van der Waals surface area (Å²) >= 11 is 0. The minimum Gasteiger partial charge on any atom is -0.338 e. The van der Waals surface area contributed by atoms with Gasteiger partial charge in [0.05, 0.1) is 6.54 Å². The smallest absolute Gasteiger partial charge is 0.240 e. The number of aromatic nitrogens is 2. The minimum atomic E-state index is 0.696. The van der Waals surface area contributed by atoms with Crippen molar-refractivity contribution in [1.29, 1.82) is 0 Å². The SMILES string of the molecule is CCc1noc(CNC2CC2)n1. The van der Waals surface area contributed by atoms with Crippen LogP contribution in [0.25, 0.3) is 0 Å². The molecule has 4 nitrogen and oxygen atoms in total. The van der Waals surface area contributed by atoms with Crippen molar-refractivity contribution in [1.82, 2.24) is 15.5 Å². The zero-order valence-corrected chi connectivity index (χ0v) is 7.21. The van der Waals surface area contributed by atoms with Gasteiger partial charge in [0, 0.05) is 12.5 Å². The first-order valence-electron chi connectivity index (χ1n) is 4.43. The molecule has 0 radical (unpaired) electrons. The summed E-state index contributed by atoms with van der Waals surface area (Å²) in [5, 5.41) is 7.12. The fourth-order valence-electron chi connectivity index (χ4n) is 1.02. The van der Waals surface area contributed by atoms with E-state index in [0.717, 1.165) is 18.8 Å². The molecule has 0 saturated heterocycles. The van der Waals surface area contributed by atoms with Gasteiger partial charge in [0.15, 0.2) is 5.82 Å². The van der Waals surface area contributed by atoms with Gasteiger partial charge in [-0.15, -0.1) is 0 Å². The second-order valence-electron chi connectivity index (χ2n) is 3.11. The Bertz CT molecular complexity index is 255. The molecule has 1 saturated carbocycles. The molecule has 1 fully saturated rings. The average Bonchev–Trinajstić information content (AvgIpc) is 2.81. The molecule has 66 valence electrons. The first-order chi connectivity index (χ1) is 5.88. The molecule has 0 aliphatic heterocycles. The molecule has 12 heavy (non-hydrogen) atoms. The Morgan fingerprint density at radius 3 is 3.00 bits per heavy atom. The Hall–Kier alpha value is -0.900. The molecule has 0 spiro atoms. The van der Waals surface area contributed by atoms with E-state index in [1.165, 1.54) is 12.8 Å². The summed E-state index contributed by atoms with van der Waals surface area (Å²) in [6, 6.07) is 0.696. The van der Waals surface area contributed by atoms with E-state index < -0.39 is 0 Å². The normalized spacial score (nSPS) is 16.8. The van der Waals surface area contributed by atoms with Crippen molar-refractivity contribution in [3.63, 3.8) is 0 Å². The van der Waals surface area contributed by atoms with Gasteiger partial charge < -0.3 is 9.84 Å².